The quantitative estimate of drug-likeness (QED) is 0.745. The van der Waals surface area contributed by atoms with Crippen molar-refractivity contribution < 1.29 is 13.9 Å². The fourth-order valence-electron chi connectivity index (χ4n) is 1.85. The summed E-state index contributed by atoms with van der Waals surface area (Å²) in [6.45, 7) is 1.06. The molecule has 1 aliphatic rings. The zero-order valence-corrected chi connectivity index (χ0v) is 9.47. The van der Waals surface area contributed by atoms with Crippen molar-refractivity contribution in [3.8, 4) is 0 Å². The summed E-state index contributed by atoms with van der Waals surface area (Å²) >= 11 is 5.75. The zero-order valence-electron chi connectivity index (χ0n) is 8.71. The molecule has 0 amide bonds. The Morgan fingerprint density at radius 2 is 2.31 bits per heavy atom. The summed E-state index contributed by atoms with van der Waals surface area (Å²) in [6, 6.07) is 4.04. The number of rotatable bonds is 2. The van der Waals surface area contributed by atoms with Crippen LogP contribution in [0.15, 0.2) is 18.2 Å². The van der Waals surface area contributed by atoms with Crippen molar-refractivity contribution in [3.63, 3.8) is 0 Å². The fourth-order valence-corrected chi connectivity index (χ4v) is 2.03. The number of halogens is 2. The van der Waals surface area contributed by atoms with Gasteiger partial charge >= 0.3 is 0 Å². The van der Waals surface area contributed by atoms with Crippen LogP contribution in [0.2, 0.25) is 5.02 Å². The van der Waals surface area contributed by atoms with E-state index in [1.54, 1.807) is 0 Å². The van der Waals surface area contributed by atoms with Crippen LogP contribution in [-0.2, 0) is 4.74 Å². The van der Waals surface area contributed by atoms with Crippen molar-refractivity contribution in [2.24, 2.45) is 5.92 Å². The standard InChI is InChI=1S/C12H12ClFO2/c13-9-3-4-11(14)10(6-9)12(15)8-2-1-5-16-7-8/h3-4,6,8H,1-2,5,7H2. The molecule has 4 heteroatoms. The molecule has 0 spiro atoms. The fraction of sp³-hybridized carbons (Fsp3) is 0.417. The number of ether oxygens (including phenoxy) is 1. The van der Waals surface area contributed by atoms with Crippen LogP contribution < -0.4 is 0 Å². The molecule has 0 bridgehead atoms. The van der Waals surface area contributed by atoms with Gasteiger partial charge in [-0.3, -0.25) is 4.79 Å². The Morgan fingerprint density at radius 3 is 3.00 bits per heavy atom. The first kappa shape index (κ1) is 11.6. The van der Waals surface area contributed by atoms with E-state index in [0.717, 1.165) is 12.8 Å². The summed E-state index contributed by atoms with van der Waals surface area (Å²) in [5.41, 5.74) is 0.0722. The number of benzene rings is 1. The molecular formula is C12H12ClFO2. The highest BCUT2D eigenvalue weighted by atomic mass is 35.5. The Labute approximate surface area is 98.4 Å². The molecule has 1 atom stereocenters. The summed E-state index contributed by atoms with van der Waals surface area (Å²) < 4.78 is 18.7. The van der Waals surface area contributed by atoms with Gasteiger partial charge in [0.15, 0.2) is 5.78 Å². The van der Waals surface area contributed by atoms with E-state index in [4.69, 9.17) is 16.3 Å². The lowest BCUT2D eigenvalue weighted by molar-refractivity contribution is 0.0459. The van der Waals surface area contributed by atoms with Crippen LogP contribution in [-0.4, -0.2) is 19.0 Å². The summed E-state index contributed by atoms with van der Waals surface area (Å²) in [5, 5.41) is 0.376. The van der Waals surface area contributed by atoms with E-state index in [1.807, 2.05) is 0 Å². The molecular weight excluding hydrogens is 231 g/mol. The van der Waals surface area contributed by atoms with E-state index >= 15 is 0 Å². The van der Waals surface area contributed by atoms with Gasteiger partial charge in [-0.25, -0.2) is 4.39 Å². The van der Waals surface area contributed by atoms with E-state index in [1.165, 1.54) is 18.2 Å². The minimum atomic E-state index is -0.514. The van der Waals surface area contributed by atoms with E-state index in [9.17, 15) is 9.18 Å². The third-order valence-corrected chi connectivity index (χ3v) is 2.96. The summed E-state index contributed by atoms with van der Waals surface area (Å²) in [6.07, 6.45) is 1.60. The van der Waals surface area contributed by atoms with Gasteiger partial charge in [-0.2, -0.15) is 0 Å². The molecule has 16 heavy (non-hydrogen) atoms. The van der Waals surface area contributed by atoms with Gasteiger partial charge < -0.3 is 4.74 Å². The number of hydrogen-bond acceptors (Lipinski definition) is 2. The van der Waals surface area contributed by atoms with Gasteiger partial charge in [0.2, 0.25) is 0 Å². The first-order chi connectivity index (χ1) is 7.68. The molecule has 1 saturated heterocycles. The topological polar surface area (TPSA) is 26.3 Å². The van der Waals surface area contributed by atoms with E-state index in [2.05, 4.69) is 0 Å². The van der Waals surface area contributed by atoms with Gasteiger partial charge in [0.05, 0.1) is 12.2 Å². The molecule has 1 heterocycles. The second kappa shape index (κ2) is 4.93. The van der Waals surface area contributed by atoms with Crippen molar-refractivity contribution in [1.82, 2.24) is 0 Å². The van der Waals surface area contributed by atoms with Crippen LogP contribution in [0.1, 0.15) is 23.2 Å². The lowest BCUT2D eigenvalue weighted by Crippen LogP contribution is -2.26. The van der Waals surface area contributed by atoms with Crippen molar-refractivity contribution >= 4 is 17.4 Å². The maximum Gasteiger partial charge on any atom is 0.171 e. The van der Waals surface area contributed by atoms with E-state index in [-0.39, 0.29) is 17.3 Å². The second-order valence-corrected chi connectivity index (χ2v) is 4.34. The number of carbonyl (C=O) groups excluding carboxylic acids is 1. The van der Waals surface area contributed by atoms with Gasteiger partial charge in [-0.05, 0) is 31.0 Å². The average Bonchev–Trinajstić information content (AvgIpc) is 2.32. The van der Waals surface area contributed by atoms with Crippen LogP contribution in [0.25, 0.3) is 0 Å². The van der Waals surface area contributed by atoms with Crippen LogP contribution in [0.4, 0.5) is 4.39 Å². The van der Waals surface area contributed by atoms with Crippen molar-refractivity contribution in [2.45, 2.75) is 12.8 Å². The summed E-state index contributed by atoms with van der Waals surface area (Å²) in [7, 11) is 0. The van der Waals surface area contributed by atoms with Crippen molar-refractivity contribution in [2.75, 3.05) is 13.2 Å². The molecule has 0 aromatic heterocycles. The molecule has 0 N–H and O–H groups in total. The van der Waals surface area contributed by atoms with Gasteiger partial charge in [-0.1, -0.05) is 11.6 Å². The van der Waals surface area contributed by atoms with Crippen LogP contribution >= 0.6 is 11.6 Å². The first-order valence-corrected chi connectivity index (χ1v) is 5.63. The normalized spacial score (nSPS) is 20.8. The van der Waals surface area contributed by atoms with Gasteiger partial charge in [0.25, 0.3) is 0 Å². The minimum Gasteiger partial charge on any atom is -0.381 e. The van der Waals surface area contributed by atoms with Crippen LogP contribution in [0.5, 0.6) is 0 Å². The SMILES string of the molecule is O=C(c1cc(Cl)ccc1F)C1CCCOC1. The first-order valence-electron chi connectivity index (χ1n) is 5.25. The number of Topliss-reactive ketones (excluding diaryl/α,β-unsaturated/α-hetero) is 1. The second-order valence-electron chi connectivity index (χ2n) is 3.90. The van der Waals surface area contributed by atoms with Gasteiger partial charge in [0, 0.05) is 17.5 Å². The highest BCUT2D eigenvalue weighted by Crippen LogP contribution is 2.22. The predicted molar refractivity (Wildman–Crippen MR) is 59.3 cm³/mol. The molecule has 2 rings (SSSR count). The van der Waals surface area contributed by atoms with Crippen LogP contribution in [0.3, 0.4) is 0 Å². The lowest BCUT2D eigenvalue weighted by Gasteiger charge is -2.21. The molecule has 0 saturated carbocycles. The molecule has 1 unspecified atom stereocenters. The highest BCUT2D eigenvalue weighted by molar-refractivity contribution is 6.31. The summed E-state index contributed by atoms with van der Waals surface area (Å²) in [4.78, 5) is 12.0. The molecule has 1 aromatic carbocycles. The zero-order chi connectivity index (χ0) is 11.5. The Bertz CT molecular complexity index is 400. The Morgan fingerprint density at radius 1 is 1.50 bits per heavy atom. The number of hydrogen-bond donors (Lipinski definition) is 0. The lowest BCUT2D eigenvalue weighted by atomic mass is 9.92. The molecule has 1 fully saturated rings. The van der Waals surface area contributed by atoms with Crippen molar-refractivity contribution in [3.05, 3.63) is 34.6 Å². The highest BCUT2D eigenvalue weighted by Gasteiger charge is 2.25. The number of carbonyl (C=O) groups is 1. The third kappa shape index (κ3) is 2.42. The van der Waals surface area contributed by atoms with Gasteiger partial charge in [0.1, 0.15) is 5.82 Å². The molecule has 1 aromatic rings. The van der Waals surface area contributed by atoms with E-state index in [0.29, 0.717) is 18.2 Å². The monoisotopic (exact) mass is 242 g/mol. The largest absolute Gasteiger partial charge is 0.381 e. The molecule has 0 aliphatic carbocycles. The summed E-state index contributed by atoms with van der Waals surface area (Å²) in [5.74, 6) is -0.957. The molecule has 1 aliphatic heterocycles. The number of ketones is 1. The maximum atomic E-state index is 13.5. The van der Waals surface area contributed by atoms with E-state index < -0.39 is 5.82 Å². The average molecular weight is 243 g/mol. The molecule has 0 radical (unpaired) electrons. The minimum absolute atomic E-state index is 0.0722. The maximum absolute atomic E-state index is 13.5. The molecule has 2 nitrogen and oxygen atoms in total. The smallest absolute Gasteiger partial charge is 0.171 e. The van der Waals surface area contributed by atoms with Crippen LogP contribution in [0, 0.1) is 11.7 Å². The van der Waals surface area contributed by atoms with Crippen molar-refractivity contribution in [1.29, 1.82) is 0 Å². The van der Waals surface area contributed by atoms with Gasteiger partial charge in [-0.15, -0.1) is 0 Å². The Hall–Kier alpha value is -0.930. The predicted octanol–water partition coefficient (Wildman–Crippen LogP) is 3.09. The molecule has 86 valence electrons. The Kier molecular flexibility index (Phi) is 3.56. The Balaban J connectivity index is 2.22. The third-order valence-electron chi connectivity index (χ3n) is 2.72.